The molecule has 2 N–H and O–H groups in total. The predicted molar refractivity (Wildman–Crippen MR) is 94.9 cm³/mol. The SMILES string of the molecule is OCCCCCNCc1cccc(OCc2ccccc2Cl)c1. The van der Waals surface area contributed by atoms with Crippen LogP contribution in [-0.4, -0.2) is 18.3 Å². The lowest BCUT2D eigenvalue weighted by Gasteiger charge is -2.10. The van der Waals surface area contributed by atoms with Gasteiger partial charge in [0.1, 0.15) is 12.4 Å². The van der Waals surface area contributed by atoms with Crippen LogP contribution in [0.5, 0.6) is 5.75 Å². The van der Waals surface area contributed by atoms with Crippen molar-refractivity contribution < 1.29 is 9.84 Å². The van der Waals surface area contributed by atoms with E-state index in [0.29, 0.717) is 6.61 Å². The minimum absolute atomic E-state index is 0.283. The van der Waals surface area contributed by atoms with E-state index in [1.165, 1.54) is 5.56 Å². The zero-order valence-electron chi connectivity index (χ0n) is 13.3. The summed E-state index contributed by atoms with van der Waals surface area (Å²) in [5.41, 5.74) is 2.19. The van der Waals surface area contributed by atoms with E-state index >= 15 is 0 Å². The Morgan fingerprint density at radius 2 is 1.87 bits per heavy atom. The molecule has 0 aliphatic carbocycles. The molecule has 0 saturated carbocycles. The molecule has 0 saturated heterocycles. The zero-order valence-corrected chi connectivity index (χ0v) is 14.1. The predicted octanol–water partition coefficient (Wildman–Crippen LogP) is 4.17. The molecule has 0 aliphatic heterocycles. The van der Waals surface area contributed by atoms with Crippen molar-refractivity contribution in [3.05, 3.63) is 64.7 Å². The van der Waals surface area contributed by atoms with Gasteiger partial charge in [-0.15, -0.1) is 0 Å². The number of unbranched alkanes of at least 4 members (excludes halogenated alkanes) is 2. The minimum Gasteiger partial charge on any atom is -0.489 e. The third kappa shape index (κ3) is 6.61. The van der Waals surface area contributed by atoms with Crippen LogP contribution in [0.25, 0.3) is 0 Å². The highest BCUT2D eigenvalue weighted by atomic mass is 35.5. The second-order valence-electron chi connectivity index (χ2n) is 5.49. The lowest BCUT2D eigenvalue weighted by atomic mass is 10.2. The average molecular weight is 334 g/mol. The monoisotopic (exact) mass is 333 g/mol. The van der Waals surface area contributed by atoms with E-state index in [4.69, 9.17) is 21.4 Å². The molecule has 23 heavy (non-hydrogen) atoms. The van der Waals surface area contributed by atoms with Crippen molar-refractivity contribution in [3.63, 3.8) is 0 Å². The third-order valence-corrected chi connectivity index (χ3v) is 3.96. The van der Waals surface area contributed by atoms with E-state index in [9.17, 15) is 0 Å². The van der Waals surface area contributed by atoms with E-state index in [0.717, 1.165) is 48.7 Å². The summed E-state index contributed by atoms with van der Waals surface area (Å²) in [7, 11) is 0. The van der Waals surface area contributed by atoms with Crippen molar-refractivity contribution in [2.24, 2.45) is 0 Å². The summed E-state index contributed by atoms with van der Waals surface area (Å²) in [5, 5.41) is 12.9. The quantitative estimate of drug-likeness (QED) is 0.641. The molecule has 4 heteroatoms. The van der Waals surface area contributed by atoms with Crippen molar-refractivity contribution in [1.82, 2.24) is 5.32 Å². The molecule has 0 fully saturated rings. The van der Waals surface area contributed by atoms with Crippen LogP contribution >= 0.6 is 11.6 Å². The molecule has 0 aliphatic rings. The van der Waals surface area contributed by atoms with Crippen LogP contribution in [0.3, 0.4) is 0 Å². The summed E-state index contributed by atoms with van der Waals surface area (Å²) in [6.07, 6.45) is 3.03. The molecular weight excluding hydrogens is 310 g/mol. The molecule has 2 rings (SSSR count). The number of aliphatic hydroxyl groups is 1. The van der Waals surface area contributed by atoms with E-state index in [1.54, 1.807) is 0 Å². The van der Waals surface area contributed by atoms with Crippen molar-refractivity contribution in [2.75, 3.05) is 13.2 Å². The smallest absolute Gasteiger partial charge is 0.120 e. The summed E-state index contributed by atoms with van der Waals surface area (Å²) in [6, 6.07) is 15.8. The van der Waals surface area contributed by atoms with Crippen LogP contribution in [0.15, 0.2) is 48.5 Å². The normalized spacial score (nSPS) is 10.7. The Bertz CT molecular complexity index is 589. The first-order chi connectivity index (χ1) is 11.3. The number of halogens is 1. The number of hydrogen-bond acceptors (Lipinski definition) is 3. The molecular formula is C19H24ClNO2. The minimum atomic E-state index is 0.283. The van der Waals surface area contributed by atoms with E-state index in [1.807, 2.05) is 36.4 Å². The molecule has 0 spiro atoms. The van der Waals surface area contributed by atoms with Crippen molar-refractivity contribution in [1.29, 1.82) is 0 Å². The van der Waals surface area contributed by atoms with Crippen molar-refractivity contribution >= 4 is 11.6 Å². The molecule has 0 amide bonds. The fourth-order valence-corrected chi connectivity index (χ4v) is 2.48. The lowest BCUT2D eigenvalue weighted by Crippen LogP contribution is -2.14. The fraction of sp³-hybridized carbons (Fsp3) is 0.368. The summed E-state index contributed by atoms with van der Waals surface area (Å²) >= 11 is 6.14. The van der Waals surface area contributed by atoms with Gasteiger partial charge in [-0.3, -0.25) is 0 Å². The van der Waals surface area contributed by atoms with Gasteiger partial charge in [0.25, 0.3) is 0 Å². The van der Waals surface area contributed by atoms with Crippen LogP contribution < -0.4 is 10.1 Å². The largest absolute Gasteiger partial charge is 0.489 e. The number of aliphatic hydroxyl groups excluding tert-OH is 1. The van der Waals surface area contributed by atoms with Gasteiger partial charge >= 0.3 is 0 Å². The van der Waals surface area contributed by atoms with Crippen LogP contribution in [0.2, 0.25) is 5.02 Å². The maximum atomic E-state index is 8.74. The first kappa shape index (κ1) is 17.8. The van der Waals surface area contributed by atoms with Gasteiger partial charge in [0.15, 0.2) is 0 Å². The Morgan fingerprint density at radius 3 is 2.70 bits per heavy atom. The van der Waals surface area contributed by atoms with Crippen LogP contribution in [0, 0.1) is 0 Å². The van der Waals surface area contributed by atoms with Crippen LogP contribution in [0.1, 0.15) is 30.4 Å². The van der Waals surface area contributed by atoms with Gasteiger partial charge in [-0.05, 0) is 49.6 Å². The Balaban J connectivity index is 1.77. The second kappa shape index (κ2) is 10.3. The Morgan fingerprint density at radius 1 is 1.00 bits per heavy atom. The van der Waals surface area contributed by atoms with Gasteiger partial charge in [0.2, 0.25) is 0 Å². The molecule has 0 heterocycles. The van der Waals surface area contributed by atoms with Gasteiger partial charge in [-0.25, -0.2) is 0 Å². The third-order valence-electron chi connectivity index (χ3n) is 3.59. The highest BCUT2D eigenvalue weighted by Gasteiger charge is 2.01. The van der Waals surface area contributed by atoms with Crippen molar-refractivity contribution in [3.8, 4) is 5.75 Å². The Labute approximate surface area is 143 Å². The standard InChI is InChI=1S/C19H24ClNO2/c20-19-10-3-2-8-17(19)15-23-18-9-6-7-16(13-18)14-21-11-4-1-5-12-22/h2-3,6-10,13,21-22H,1,4-5,11-12,14-15H2. The number of rotatable bonds is 10. The molecule has 0 aromatic heterocycles. The maximum absolute atomic E-state index is 8.74. The van der Waals surface area contributed by atoms with Gasteiger partial charge < -0.3 is 15.2 Å². The number of hydrogen-bond donors (Lipinski definition) is 2. The molecule has 124 valence electrons. The number of benzene rings is 2. The topological polar surface area (TPSA) is 41.5 Å². The first-order valence-electron chi connectivity index (χ1n) is 8.06. The molecule has 0 radical (unpaired) electrons. The molecule has 0 bridgehead atoms. The Hall–Kier alpha value is -1.55. The zero-order chi connectivity index (χ0) is 16.3. The van der Waals surface area contributed by atoms with Crippen LogP contribution in [0.4, 0.5) is 0 Å². The van der Waals surface area contributed by atoms with E-state index < -0.39 is 0 Å². The van der Waals surface area contributed by atoms with Gasteiger partial charge in [0.05, 0.1) is 0 Å². The highest BCUT2D eigenvalue weighted by Crippen LogP contribution is 2.19. The van der Waals surface area contributed by atoms with E-state index in [2.05, 4.69) is 17.4 Å². The van der Waals surface area contributed by atoms with Crippen molar-refractivity contribution in [2.45, 2.75) is 32.4 Å². The fourth-order valence-electron chi connectivity index (χ4n) is 2.29. The molecule has 2 aromatic carbocycles. The molecule has 0 unspecified atom stereocenters. The highest BCUT2D eigenvalue weighted by molar-refractivity contribution is 6.31. The van der Waals surface area contributed by atoms with Gasteiger partial charge in [-0.2, -0.15) is 0 Å². The molecule has 3 nitrogen and oxygen atoms in total. The lowest BCUT2D eigenvalue weighted by molar-refractivity contribution is 0.283. The first-order valence-corrected chi connectivity index (χ1v) is 8.44. The van der Waals surface area contributed by atoms with E-state index in [-0.39, 0.29) is 6.61 Å². The summed E-state index contributed by atoms with van der Waals surface area (Å²) in [5.74, 6) is 0.851. The summed E-state index contributed by atoms with van der Waals surface area (Å²) < 4.78 is 5.83. The summed E-state index contributed by atoms with van der Waals surface area (Å²) in [4.78, 5) is 0. The molecule has 2 aromatic rings. The van der Waals surface area contributed by atoms with Gasteiger partial charge in [0, 0.05) is 23.7 Å². The second-order valence-corrected chi connectivity index (χ2v) is 5.90. The maximum Gasteiger partial charge on any atom is 0.120 e. The Kier molecular flexibility index (Phi) is 7.95. The average Bonchev–Trinajstić information content (AvgIpc) is 2.58. The number of nitrogens with one attached hydrogen (secondary N) is 1. The summed E-state index contributed by atoms with van der Waals surface area (Å²) in [6.45, 7) is 2.54. The number of ether oxygens (including phenoxy) is 1. The molecule has 0 atom stereocenters. The van der Waals surface area contributed by atoms with Crippen LogP contribution in [-0.2, 0) is 13.2 Å². The van der Waals surface area contributed by atoms with Gasteiger partial charge in [-0.1, -0.05) is 41.9 Å².